The third kappa shape index (κ3) is 9.75. The van der Waals surface area contributed by atoms with Gasteiger partial charge in [-0.05, 0) is 39.0 Å². The maximum absolute atomic E-state index is 11.7. The molecule has 1 heterocycles. The SMILES string of the molecule is Cc1cn(CCCCCCOC(=O)NC(CCCN=C(N)N)C(=O)O)c(=O)[nH]c1=O. The van der Waals surface area contributed by atoms with Gasteiger partial charge in [0.2, 0.25) is 0 Å². The van der Waals surface area contributed by atoms with Gasteiger partial charge in [0.1, 0.15) is 6.04 Å². The summed E-state index contributed by atoms with van der Waals surface area (Å²) in [6.07, 6.45) is 4.22. The summed E-state index contributed by atoms with van der Waals surface area (Å²) in [7, 11) is 0. The van der Waals surface area contributed by atoms with Gasteiger partial charge in [0.05, 0.1) is 6.61 Å². The molecule has 1 aromatic heterocycles. The van der Waals surface area contributed by atoms with E-state index in [1.54, 1.807) is 6.92 Å². The second-order valence-electron chi connectivity index (χ2n) is 6.80. The molecule has 0 aromatic carbocycles. The van der Waals surface area contributed by atoms with Crippen molar-refractivity contribution in [3.8, 4) is 0 Å². The fraction of sp³-hybridized carbons (Fsp3) is 0.611. The molecule has 12 nitrogen and oxygen atoms in total. The van der Waals surface area contributed by atoms with Gasteiger partial charge in [-0.3, -0.25) is 14.8 Å². The van der Waals surface area contributed by atoms with Crippen molar-refractivity contribution in [3.05, 3.63) is 32.6 Å². The number of hydrogen-bond donors (Lipinski definition) is 5. The van der Waals surface area contributed by atoms with Crippen LogP contribution in [0.25, 0.3) is 0 Å². The molecule has 168 valence electrons. The largest absolute Gasteiger partial charge is 0.480 e. The van der Waals surface area contributed by atoms with Crippen LogP contribution < -0.4 is 28.0 Å². The van der Waals surface area contributed by atoms with Gasteiger partial charge in [0.15, 0.2) is 5.96 Å². The van der Waals surface area contributed by atoms with E-state index in [0.717, 1.165) is 19.3 Å². The average Bonchev–Trinajstić information content (AvgIpc) is 2.66. The van der Waals surface area contributed by atoms with Crippen LogP contribution in [-0.2, 0) is 16.1 Å². The van der Waals surface area contributed by atoms with Gasteiger partial charge in [-0.2, -0.15) is 0 Å². The Morgan fingerprint density at radius 3 is 2.60 bits per heavy atom. The second-order valence-corrected chi connectivity index (χ2v) is 6.80. The molecule has 1 amide bonds. The highest BCUT2D eigenvalue weighted by molar-refractivity contribution is 5.79. The molecule has 30 heavy (non-hydrogen) atoms. The van der Waals surface area contributed by atoms with Crippen molar-refractivity contribution in [2.75, 3.05) is 13.2 Å². The lowest BCUT2D eigenvalue weighted by atomic mass is 10.1. The summed E-state index contributed by atoms with van der Waals surface area (Å²) in [5.41, 5.74) is 10.0. The monoisotopic (exact) mass is 426 g/mol. The van der Waals surface area contributed by atoms with Crippen molar-refractivity contribution in [1.29, 1.82) is 0 Å². The summed E-state index contributed by atoms with van der Waals surface area (Å²) in [5.74, 6) is -1.24. The van der Waals surface area contributed by atoms with Gasteiger partial charge in [-0.1, -0.05) is 6.42 Å². The minimum absolute atomic E-state index is 0.0740. The molecule has 0 aliphatic rings. The van der Waals surface area contributed by atoms with Crippen molar-refractivity contribution in [2.45, 2.75) is 58.0 Å². The molecule has 0 spiro atoms. The van der Waals surface area contributed by atoms with Crippen LogP contribution in [0.1, 0.15) is 44.1 Å². The number of aryl methyl sites for hydroxylation is 2. The van der Waals surface area contributed by atoms with E-state index in [9.17, 15) is 19.2 Å². The van der Waals surface area contributed by atoms with Crippen molar-refractivity contribution in [2.24, 2.45) is 16.5 Å². The van der Waals surface area contributed by atoms with Crippen LogP contribution in [0.4, 0.5) is 4.79 Å². The molecule has 1 atom stereocenters. The summed E-state index contributed by atoms with van der Waals surface area (Å²) in [6, 6.07) is -1.08. The van der Waals surface area contributed by atoms with Crippen LogP contribution in [0.2, 0.25) is 0 Å². The molecule has 1 aromatic rings. The third-order valence-corrected chi connectivity index (χ3v) is 4.25. The molecule has 7 N–H and O–H groups in total. The number of guanidine groups is 1. The van der Waals surface area contributed by atoms with E-state index >= 15 is 0 Å². The molecule has 0 saturated carbocycles. The Kier molecular flexibility index (Phi) is 10.7. The van der Waals surface area contributed by atoms with Gasteiger partial charge < -0.3 is 31.2 Å². The first kappa shape index (κ1) is 24.7. The minimum atomic E-state index is -1.16. The van der Waals surface area contributed by atoms with Crippen molar-refractivity contribution in [3.63, 3.8) is 0 Å². The smallest absolute Gasteiger partial charge is 0.407 e. The van der Waals surface area contributed by atoms with Crippen LogP contribution in [0.15, 0.2) is 20.8 Å². The van der Waals surface area contributed by atoms with Crippen LogP contribution in [0.5, 0.6) is 0 Å². The molecule has 12 heteroatoms. The number of aliphatic carboxylic acids is 1. The van der Waals surface area contributed by atoms with Gasteiger partial charge in [0.25, 0.3) is 5.56 Å². The zero-order valence-corrected chi connectivity index (χ0v) is 17.1. The van der Waals surface area contributed by atoms with E-state index in [1.165, 1.54) is 10.8 Å². The Bertz CT molecular complexity index is 842. The maximum atomic E-state index is 11.7. The van der Waals surface area contributed by atoms with Crippen molar-refractivity contribution < 1.29 is 19.4 Å². The van der Waals surface area contributed by atoms with Gasteiger partial charge in [-0.15, -0.1) is 0 Å². The molecule has 0 fully saturated rings. The van der Waals surface area contributed by atoms with E-state index in [1.807, 2.05) is 0 Å². The first-order chi connectivity index (χ1) is 14.2. The Labute approximate surface area is 173 Å². The van der Waals surface area contributed by atoms with E-state index in [-0.39, 0.29) is 31.1 Å². The number of hydrogen-bond acceptors (Lipinski definition) is 6. The number of rotatable bonds is 13. The van der Waals surface area contributed by atoms with Crippen LogP contribution in [0.3, 0.4) is 0 Å². The first-order valence-electron chi connectivity index (χ1n) is 9.72. The van der Waals surface area contributed by atoms with Crippen molar-refractivity contribution in [1.82, 2.24) is 14.9 Å². The zero-order valence-electron chi connectivity index (χ0n) is 17.1. The maximum Gasteiger partial charge on any atom is 0.407 e. The van der Waals surface area contributed by atoms with E-state index < -0.39 is 23.8 Å². The predicted octanol–water partition coefficient (Wildman–Crippen LogP) is -0.362. The minimum Gasteiger partial charge on any atom is -0.480 e. The lowest BCUT2D eigenvalue weighted by Crippen LogP contribution is -2.41. The number of H-pyrrole nitrogens is 1. The topological polar surface area (TPSA) is 195 Å². The number of carboxylic acids is 1. The fourth-order valence-corrected chi connectivity index (χ4v) is 2.63. The zero-order chi connectivity index (χ0) is 22.5. The summed E-state index contributed by atoms with van der Waals surface area (Å²) in [6.45, 7) is 2.55. The highest BCUT2D eigenvalue weighted by Gasteiger charge is 2.20. The number of carbonyl (C=O) groups is 2. The number of aromatic amines is 1. The lowest BCUT2D eigenvalue weighted by molar-refractivity contribution is -0.139. The molecule has 1 unspecified atom stereocenters. The van der Waals surface area contributed by atoms with Gasteiger partial charge >= 0.3 is 17.8 Å². The second kappa shape index (κ2) is 13.0. The Balaban J connectivity index is 2.20. The normalized spacial score (nSPS) is 11.5. The number of carboxylic acid groups (broad SMARTS) is 1. The summed E-state index contributed by atoms with van der Waals surface area (Å²) in [4.78, 5) is 51.9. The van der Waals surface area contributed by atoms with Crippen LogP contribution in [-0.4, -0.2) is 51.9 Å². The lowest BCUT2D eigenvalue weighted by Gasteiger charge is -2.14. The number of amides is 1. The van der Waals surface area contributed by atoms with Gasteiger partial charge in [-0.25, -0.2) is 14.4 Å². The number of nitrogens with one attached hydrogen (secondary N) is 2. The van der Waals surface area contributed by atoms with Crippen LogP contribution in [0, 0.1) is 6.92 Å². The van der Waals surface area contributed by atoms with Gasteiger partial charge in [0, 0.05) is 24.8 Å². The summed E-state index contributed by atoms with van der Waals surface area (Å²) in [5, 5.41) is 11.5. The highest BCUT2D eigenvalue weighted by atomic mass is 16.5. The predicted molar refractivity (Wildman–Crippen MR) is 110 cm³/mol. The molecule has 0 aliphatic carbocycles. The molecular formula is C18H30N6O6. The number of ether oxygens (including phenoxy) is 1. The number of nitrogens with two attached hydrogens (primary N) is 2. The number of aromatic nitrogens is 2. The Hall–Kier alpha value is -3.31. The Morgan fingerprint density at radius 2 is 1.93 bits per heavy atom. The summed E-state index contributed by atoms with van der Waals surface area (Å²) >= 11 is 0. The highest BCUT2D eigenvalue weighted by Crippen LogP contribution is 2.03. The molecule has 0 saturated heterocycles. The Morgan fingerprint density at radius 1 is 1.23 bits per heavy atom. The molecule has 1 rings (SSSR count). The molecule has 0 aliphatic heterocycles. The number of unbranched alkanes of at least 4 members (excludes halogenated alkanes) is 3. The fourth-order valence-electron chi connectivity index (χ4n) is 2.63. The van der Waals surface area contributed by atoms with E-state index in [2.05, 4.69) is 15.3 Å². The molecule has 0 radical (unpaired) electrons. The quantitative estimate of drug-likeness (QED) is 0.160. The van der Waals surface area contributed by atoms with Crippen molar-refractivity contribution >= 4 is 18.0 Å². The number of nitrogens with zero attached hydrogens (tertiary/aromatic N) is 2. The van der Waals surface area contributed by atoms with Crippen LogP contribution >= 0.6 is 0 Å². The standard InChI is InChI=1S/C18H30N6O6/c1-12-11-24(17(28)23-14(12)25)9-4-2-3-5-10-30-18(29)22-13(15(26)27)7-6-8-21-16(19)20/h11,13H,2-10H2,1H3,(H,22,29)(H,26,27)(H4,19,20,21)(H,23,25,28). The third-order valence-electron chi connectivity index (χ3n) is 4.25. The number of alkyl carbamates (subject to hydrolysis) is 1. The molecular weight excluding hydrogens is 396 g/mol. The number of carbonyl (C=O) groups excluding carboxylic acids is 1. The van der Waals surface area contributed by atoms with E-state index in [4.69, 9.17) is 21.3 Å². The number of aliphatic imine (C=N–C) groups is 1. The first-order valence-corrected chi connectivity index (χ1v) is 9.72. The molecule has 0 bridgehead atoms. The summed E-state index contributed by atoms with van der Waals surface area (Å²) < 4.78 is 6.46. The van der Waals surface area contributed by atoms with E-state index in [0.29, 0.717) is 24.9 Å². The average molecular weight is 426 g/mol.